The van der Waals surface area contributed by atoms with Gasteiger partial charge in [0.05, 0.1) is 18.5 Å². The summed E-state index contributed by atoms with van der Waals surface area (Å²) < 4.78 is 6.59. The van der Waals surface area contributed by atoms with Crippen molar-refractivity contribution < 1.29 is 9.53 Å². The molecule has 0 aromatic carbocycles. The Balaban J connectivity index is 3.00. The van der Waals surface area contributed by atoms with Gasteiger partial charge < -0.3 is 4.74 Å². The van der Waals surface area contributed by atoms with Gasteiger partial charge in [-0.2, -0.15) is 0 Å². The van der Waals surface area contributed by atoms with Gasteiger partial charge >= 0.3 is 5.97 Å². The number of hydrogen-bond donors (Lipinski definition) is 0. The first-order chi connectivity index (χ1) is 7.69. The van der Waals surface area contributed by atoms with E-state index in [4.69, 9.17) is 4.74 Å². The summed E-state index contributed by atoms with van der Waals surface area (Å²) in [6, 6.07) is 0. The predicted molar refractivity (Wildman–Crippen MR) is 64.7 cm³/mol. The maximum Gasteiger partial charge on any atom is 0.333 e. The molecule has 0 amide bonds. The number of rotatable bonds is 3. The fraction of sp³-hybridized carbons (Fsp3) is 0.750. The maximum absolute atomic E-state index is 11.8. The Morgan fingerprint density at radius 3 is 2.35 bits per heavy atom. The van der Waals surface area contributed by atoms with Crippen LogP contribution < -0.4 is 0 Å². The number of hydrogen-bond acceptors (Lipinski definition) is 4. The average molecular weight is 239 g/mol. The van der Waals surface area contributed by atoms with Crippen molar-refractivity contribution in [3.8, 4) is 0 Å². The van der Waals surface area contributed by atoms with E-state index in [1.54, 1.807) is 31.6 Å². The Bertz CT molecular complexity index is 402. The SMILES string of the molecule is CCOC(=O)C(C)(C)n1cc(C(C)(C)C)nn1. The van der Waals surface area contributed by atoms with Gasteiger partial charge in [-0.1, -0.05) is 26.0 Å². The van der Waals surface area contributed by atoms with E-state index in [9.17, 15) is 4.79 Å². The largest absolute Gasteiger partial charge is 0.464 e. The highest BCUT2D eigenvalue weighted by Crippen LogP contribution is 2.22. The second-order valence-corrected chi connectivity index (χ2v) is 5.58. The van der Waals surface area contributed by atoms with E-state index in [1.807, 2.05) is 0 Å². The summed E-state index contributed by atoms with van der Waals surface area (Å²) in [5.74, 6) is -0.301. The lowest BCUT2D eigenvalue weighted by Gasteiger charge is -2.22. The third-order valence-electron chi connectivity index (χ3n) is 2.61. The van der Waals surface area contributed by atoms with Crippen molar-refractivity contribution in [2.45, 2.75) is 52.5 Å². The number of carbonyl (C=O) groups is 1. The summed E-state index contributed by atoms with van der Waals surface area (Å²) in [6.07, 6.45) is 1.80. The Kier molecular flexibility index (Phi) is 3.59. The number of aromatic nitrogens is 3. The summed E-state index contributed by atoms with van der Waals surface area (Å²) in [6.45, 7) is 11.9. The Labute approximate surface area is 102 Å². The number of nitrogens with zero attached hydrogens (tertiary/aromatic N) is 3. The molecule has 0 aliphatic carbocycles. The molecule has 0 saturated heterocycles. The van der Waals surface area contributed by atoms with Crippen molar-refractivity contribution in [1.82, 2.24) is 15.0 Å². The third-order valence-corrected chi connectivity index (χ3v) is 2.61. The monoisotopic (exact) mass is 239 g/mol. The van der Waals surface area contributed by atoms with Crippen LogP contribution in [0.5, 0.6) is 0 Å². The first-order valence-electron chi connectivity index (χ1n) is 5.80. The summed E-state index contributed by atoms with van der Waals surface area (Å²) in [5, 5.41) is 8.12. The van der Waals surface area contributed by atoms with E-state index in [2.05, 4.69) is 31.1 Å². The van der Waals surface area contributed by atoms with Crippen LogP contribution in [0.1, 0.15) is 47.2 Å². The zero-order valence-corrected chi connectivity index (χ0v) is 11.4. The molecular formula is C12H21N3O2. The molecule has 1 rings (SSSR count). The summed E-state index contributed by atoms with van der Waals surface area (Å²) >= 11 is 0. The van der Waals surface area contributed by atoms with E-state index in [-0.39, 0.29) is 11.4 Å². The molecule has 1 heterocycles. The zero-order valence-electron chi connectivity index (χ0n) is 11.4. The van der Waals surface area contributed by atoms with Crippen LogP contribution in [0.25, 0.3) is 0 Å². The van der Waals surface area contributed by atoms with Gasteiger partial charge in [0, 0.05) is 5.41 Å². The average Bonchev–Trinajstić information content (AvgIpc) is 2.66. The lowest BCUT2D eigenvalue weighted by Crippen LogP contribution is -2.38. The van der Waals surface area contributed by atoms with Crippen molar-refractivity contribution in [3.05, 3.63) is 11.9 Å². The van der Waals surface area contributed by atoms with Gasteiger partial charge in [-0.15, -0.1) is 5.10 Å². The Morgan fingerprint density at radius 1 is 1.35 bits per heavy atom. The highest BCUT2D eigenvalue weighted by atomic mass is 16.5. The first kappa shape index (κ1) is 13.7. The van der Waals surface area contributed by atoms with Crippen molar-refractivity contribution in [2.24, 2.45) is 0 Å². The van der Waals surface area contributed by atoms with Crippen LogP contribution in [0.3, 0.4) is 0 Å². The number of carbonyl (C=O) groups excluding carboxylic acids is 1. The van der Waals surface area contributed by atoms with Gasteiger partial charge in [0.2, 0.25) is 0 Å². The molecule has 17 heavy (non-hydrogen) atoms. The Hall–Kier alpha value is -1.39. The summed E-state index contributed by atoms with van der Waals surface area (Å²) in [4.78, 5) is 11.8. The van der Waals surface area contributed by atoms with Gasteiger partial charge in [0.1, 0.15) is 0 Å². The third kappa shape index (κ3) is 2.84. The number of esters is 1. The Morgan fingerprint density at radius 2 is 1.94 bits per heavy atom. The van der Waals surface area contributed by atoms with Gasteiger partial charge in [0.15, 0.2) is 5.54 Å². The van der Waals surface area contributed by atoms with E-state index in [1.165, 1.54) is 0 Å². The molecule has 0 aliphatic heterocycles. The fourth-order valence-corrected chi connectivity index (χ4v) is 1.28. The molecule has 5 heteroatoms. The molecule has 0 N–H and O–H groups in total. The minimum Gasteiger partial charge on any atom is -0.464 e. The van der Waals surface area contributed by atoms with Crippen LogP contribution in [0.4, 0.5) is 0 Å². The second kappa shape index (κ2) is 4.47. The molecule has 0 atom stereocenters. The van der Waals surface area contributed by atoms with Crippen molar-refractivity contribution in [2.75, 3.05) is 6.61 Å². The molecule has 1 aromatic rings. The van der Waals surface area contributed by atoms with Crippen molar-refractivity contribution >= 4 is 5.97 Å². The summed E-state index contributed by atoms with van der Waals surface area (Å²) in [7, 11) is 0. The highest BCUT2D eigenvalue weighted by Gasteiger charge is 2.33. The van der Waals surface area contributed by atoms with Gasteiger partial charge in [-0.3, -0.25) is 0 Å². The molecule has 0 radical (unpaired) electrons. The van der Waals surface area contributed by atoms with Crippen LogP contribution in [0, 0.1) is 0 Å². The predicted octanol–water partition coefficient (Wildman–Crippen LogP) is 1.87. The number of ether oxygens (including phenoxy) is 1. The maximum atomic E-state index is 11.8. The topological polar surface area (TPSA) is 57.0 Å². The van der Waals surface area contributed by atoms with Crippen molar-refractivity contribution in [3.63, 3.8) is 0 Å². The van der Waals surface area contributed by atoms with Gasteiger partial charge in [0.25, 0.3) is 0 Å². The van der Waals surface area contributed by atoms with Crippen LogP contribution in [-0.4, -0.2) is 27.6 Å². The van der Waals surface area contributed by atoms with Crippen LogP contribution >= 0.6 is 0 Å². The molecular weight excluding hydrogens is 218 g/mol. The molecule has 96 valence electrons. The molecule has 0 aliphatic rings. The molecule has 0 spiro atoms. The minimum absolute atomic E-state index is 0.0804. The van der Waals surface area contributed by atoms with Gasteiger partial charge in [-0.25, -0.2) is 9.48 Å². The fourth-order valence-electron chi connectivity index (χ4n) is 1.28. The molecule has 0 unspecified atom stereocenters. The second-order valence-electron chi connectivity index (χ2n) is 5.58. The van der Waals surface area contributed by atoms with E-state index >= 15 is 0 Å². The first-order valence-corrected chi connectivity index (χ1v) is 5.80. The summed E-state index contributed by atoms with van der Waals surface area (Å²) in [5.41, 5.74) is -0.0509. The van der Waals surface area contributed by atoms with E-state index in [0.29, 0.717) is 6.61 Å². The van der Waals surface area contributed by atoms with E-state index < -0.39 is 5.54 Å². The molecule has 1 aromatic heterocycles. The molecule has 0 bridgehead atoms. The standard InChI is InChI=1S/C12H21N3O2/c1-7-17-10(16)12(5,6)15-8-9(13-14-15)11(2,3)4/h8H,7H2,1-6H3. The smallest absolute Gasteiger partial charge is 0.333 e. The normalized spacial score (nSPS) is 12.6. The van der Waals surface area contributed by atoms with Crippen LogP contribution in [-0.2, 0) is 20.5 Å². The van der Waals surface area contributed by atoms with Crippen LogP contribution in [0.15, 0.2) is 6.20 Å². The van der Waals surface area contributed by atoms with E-state index in [0.717, 1.165) is 5.69 Å². The quantitative estimate of drug-likeness (QED) is 0.756. The molecule has 0 fully saturated rings. The van der Waals surface area contributed by atoms with Gasteiger partial charge in [-0.05, 0) is 20.8 Å². The van der Waals surface area contributed by atoms with Crippen molar-refractivity contribution in [1.29, 1.82) is 0 Å². The molecule has 5 nitrogen and oxygen atoms in total. The lowest BCUT2D eigenvalue weighted by molar-refractivity contribution is -0.152. The molecule has 0 saturated carbocycles. The zero-order chi connectivity index (χ0) is 13.3. The van der Waals surface area contributed by atoms with Crippen LogP contribution in [0.2, 0.25) is 0 Å². The highest BCUT2D eigenvalue weighted by molar-refractivity contribution is 5.77. The lowest BCUT2D eigenvalue weighted by atomic mass is 9.93. The minimum atomic E-state index is -0.827.